The van der Waals surface area contributed by atoms with Crippen LogP contribution in [0.2, 0.25) is 0 Å². The maximum Gasteiger partial charge on any atom is 0.357 e. The molecule has 0 fully saturated rings. The van der Waals surface area contributed by atoms with Crippen molar-refractivity contribution in [2.24, 2.45) is 11.5 Å². The van der Waals surface area contributed by atoms with Crippen molar-refractivity contribution in [1.29, 1.82) is 0 Å². The van der Waals surface area contributed by atoms with Crippen molar-refractivity contribution >= 4 is 44.0 Å². The van der Waals surface area contributed by atoms with Gasteiger partial charge in [-0.2, -0.15) is 0 Å². The first-order chi connectivity index (χ1) is 12.2. The molecule has 0 aliphatic carbocycles. The first kappa shape index (κ1) is 19.5. The van der Waals surface area contributed by atoms with Gasteiger partial charge in [-0.05, 0) is 17.7 Å². The molecule has 0 saturated heterocycles. The topological polar surface area (TPSA) is 183 Å². The lowest BCUT2D eigenvalue weighted by Gasteiger charge is -2.10. The van der Waals surface area contributed by atoms with Crippen LogP contribution in [0.3, 0.4) is 0 Å². The van der Waals surface area contributed by atoms with Crippen LogP contribution < -0.4 is 16.2 Å². The Bertz CT molecular complexity index is 983. The molecule has 10 nitrogen and oxygen atoms in total. The first-order valence-corrected chi connectivity index (χ1v) is 9.36. The zero-order valence-corrected chi connectivity index (χ0v) is 14.8. The smallest absolute Gasteiger partial charge is 0.357 e. The molecule has 6 N–H and O–H groups in total. The zero-order chi connectivity index (χ0) is 19.5. The van der Waals surface area contributed by atoms with E-state index in [1.807, 2.05) is 0 Å². The van der Waals surface area contributed by atoms with Crippen LogP contribution in [-0.4, -0.2) is 42.7 Å². The number of hydrogen-bond donors (Lipinski definition) is 4. The normalized spacial score (nSPS) is 11.1. The highest BCUT2D eigenvalue weighted by Crippen LogP contribution is 2.25. The maximum atomic E-state index is 12.5. The minimum Gasteiger partial charge on any atom is -0.476 e. The lowest BCUT2D eigenvalue weighted by molar-refractivity contribution is -0.117. The van der Waals surface area contributed by atoms with Crippen LogP contribution in [0.5, 0.6) is 0 Å². The Kier molecular flexibility index (Phi) is 5.69. The molecule has 138 valence electrons. The van der Waals surface area contributed by atoms with Crippen molar-refractivity contribution in [2.75, 3.05) is 11.3 Å². The number of anilines is 1. The number of amides is 1. The molecular weight excluding hydrogens is 384 g/mol. The number of thiazole rings is 1. The molecule has 26 heavy (non-hydrogen) atoms. The van der Waals surface area contributed by atoms with E-state index in [-0.39, 0.29) is 39.8 Å². The van der Waals surface area contributed by atoms with Crippen molar-refractivity contribution in [3.63, 3.8) is 0 Å². The Hall–Kier alpha value is -2.83. The van der Waals surface area contributed by atoms with E-state index < -0.39 is 27.6 Å². The van der Waals surface area contributed by atoms with Gasteiger partial charge in [-0.15, -0.1) is 11.3 Å². The van der Waals surface area contributed by atoms with Gasteiger partial charge in [-0.3, -0.25) is 14.3 Å². The Morgan fingerprint density at radius 2 is 1.96 bits per heavy atom. The number of nitrogens with one attached hydrogen (secondary N) is 1. The van der Waals surface area contributed by atoms with Gasteiger partial charge in [-0.25, -0.2) is 18.2 Å². The largest absolute Gasteiger partial charge is 0.476 e. The van der Waals surface area contributed by atoms with E-state index >= 15 is 0 Å². The number of sulfonamides is 1. The number of carboxylic acid groups (broad SMARTS) is 1. The second kappa shape index (κ2) is 7.59. The molecule has 0 unspecified atom stereocenters. The monoisotopic (exact) mass is 398 g/mol. The van der Waals surface area contributed by atoms with Crippen LogP contribution in [-0.2, 0) is 21.2 Å². The quantitative estimate of drug-likeness (QED) is 0.471. The maximum absolute atomic E-state index is 12.5. The Morgan fingerprint density at radius 3 is 2.54 bits per heavy atom. The van der Waals surface area contributed by atoms with Gasteiger partial charge in [0.05, 0.1) is 17.0 Å². The van der Waals surface area contributed by atoms with Crippen molar-refractivity contribution in [1.82, 2.24) is 4.98 Å². The van der Waals surface area contributed by atoms with Gasteiger partial charge in [0.25, 0.3) is 10.0 Å². The van der Waals surface area contributed by atoms with Crippen LogP contribution in [0.1, 0.15) is 26.4 Å². The summed E-state index contributed by atoms with van der Waals surface area (Å²) >= 11 is 0.792. The molecule has 2 rings (SSSR count). The van der Waals surface area contributed by atoms with Gasteiger partial charge in [0.15, 0.2) is 11.5 Å². The number of hydrogen-bond acceptors (Lipinski definition) is 8. The third-order valence-electron chi connectivity index (χ3n) is 3.27. The van der Waals surface area contributed by atoms with E-state index in [1.165, 1.54) is 17.6 Å². The molecule has 1 aromatic heterocycles. The average Bonchev–Trinajstić information content (AvgIpc) is 3.02. The third-order valence-corrected chi connectivity index (χ3v) is 5.49. The molecule has 2 aromatic rings. The van der Waals surface area contributed by atoms with E-state index in [0.29, 0.717) is 0 Å². The van der Waals surface area contributed by atoms with Gasteiger partial charge < -0.3 is 16.6 Å². The molecule has 12 heteroatoms. The number of carboxylic acids is 1. The number of nitrogens with two attached hydrogens (primary N) is 2. The van der Waals surface area contributed by atoms with Crippen molar-refractivity contribution in [3.05, 3.63) is 40.5 Å². The predicted octanol–water partition coefficient (Wildman–Crippen LogP) is -0.189. The first-order valence-electron chi connectivity index (χ1n) is 6.99. The molecule has 0 bridgehead atoms. The summed E-state index contributed by atoms with van der Waals surface area (Å²) in [5, 5.41) is 8.81. The van der Waals surface area contributed by atoms with Gasteiger partial charge >= 0.3 is 5.97 Å². The van der Waals surface area contributed by atoms with E-state index in [9.17, 15) is 22.8 Å². The molecule has 0 saturated carbocycles. The Labute approximate surface area is 151 Å². The molecule has 0 aliphatic heterocycles. The SMILES string of the molecule is NCC(=O)Cc1ccc(S(=O)(=O)Nc2scnc2C(=O)O)cc1C(N)=O. The highest BCUT2D eigenvalue weighted by molar-refractivity contribution is 7.93. The third kappa shape index (κ3) is 4.22. The van der Waals surface area contributed by atoms with Gasteiger partial charge in [0.1, 0.15) is 5.00 Å². The summed E-state index contributed by atoms with van der Waals surface area (Å²) < 4.78 is 27.1. The fourth-order valence-corrected chi connectivity index (χ4v) is 4.06. The van der Waals surface area contributed by atoms with E-state index in [4.69, 9.17) is 16.6 Å². The lowest BCUT2D eigenvalue weighted by Crippen LogP contribution is -2.21. The Morgan fingerprint density at radius 1 is 1.27 bits per heavy atom. The number of carbonyl (C=O) groups excluding carboxylic acids is 2. The minimum absolute atomic E-state index is 0.141. The van der Waals surface area contributed by atoms with Crippen molar-refractivity contribution < 1.29 is 27.9 Å². The van der Waals surface area contributed by atoms with Crippen LogP contribution in [0.25, 0.3) is 0 Å². The minimum atomic E-state index is -4.21. The van der Waals surface area contributed by atoms with Crippen molar-refractivity contribution in [3.8, 4) is 0 Å². The molecule has 0 spiro atoms. The number of benzene rings is 1. The number of ketones is 1. The summed E-state index contributed by atoms with van der Waals surface area (Å²) in [5.41, 5.74) is 11.3. The average molecular weight is 398 g/mol. The molecule has 1 amide bonds. The molecular formula is C14H14N4O6S2. The fourth-order valence-electron chi connectivity index (χ4n) is 2.04. The molecule has 0 radical (unpaired) electrons. The van der Waals surface area contributed by atoms with Crippen LogP contribution in [0, 0.1) is 0 Å². The molecule has 0 atom stereocenters. The summed E-state index contributed by atoms with van der Waals surface area (Å²) in [6.45, 7) is -0.233. The number of nitrogens with zero attached hydrogens (tertiary/aromatic N) is 1. The number of Topliss-reactive ketones (excluding diaryl/α,β-unsaturated/α-hetero) is 1. The predicted molar refractivity (Wildman–Crippen MR) is 92.6 cm³/mol. The summed E-state index contributed by atoms with van der Waals surface area (Å²) in [6.07, 6.45) is -0.166. The number of primary amides is 1. The zero-order valence-electron chi connectivity index (χ0n) is 13.1. The summed E-state index contributed by atoms with van der Waals surface area (Å²) in [4.78, 5) is 37.4. The van der Waals surface area contributed by atoms with Crippen LogP contribution in [0.15, 0.2) is 28.6 Å². The van der Waals surface area contributed by atoms with E-state index in [2.05, 4.69) is 9.71 Å². The number of aromatic nitrogens is 1. The lowest BCUT2D eigenvalue weighted by atomic mass is 10.0. The van der Waals surface area contributed by atoms with E-state index in [0.717, 1.165) is 17.4 Å². The summed E-state index contributed by atoms with van der Waals surface area (Å²) in [6, 6.07) is 3.48. The summed E-state index contributed by atoms with van der Waals surface area (Å²) in [7, 11) is -4.21. The summed E-state index contributed by atoms with van der Waals surface area (Å²) in [5.74, 6) is -2.65. The number of rotatable bonds is 8. The van der Waals surface area contributed by atoms with Crippen LogP contribution >= 0.6 is 11.3 Å². The Balaban J connectivity index is 2.42. The van der Waals surface area contributed by atoms with Crippen molar-refractivity contribution in [2.45, 2.75) is 11.3 Å². The second-order valence-corrected chi connectivity index (χ2v) is 7.58. The molecule has 1 aromatic carbocycles. The van der Waals surface area contributed by atoms with Gasteiger partial charge in [-0.1, -0.05) is 6.07 Å². The van der Waals surface area contributed by atoms with E-state index in [1.54, 1.807) is 0 Å². The standard InChI is InChI=1S/C14H14N4O6S2/c15-5-8(19)3-7-1-2-9(4-10(7)12(16)20)26(23,24)18-13-11(14(21)22)17-6-25-13/h1-2,4,6,18H,3,5,15H2,(H2,16,20)(H,21,22). The van der Waals surface area contributed by atoms with Gasteiger partial charge in [0.2, 0.25) is 5.91 Å². The fraction of sp³-hybridized carbons (Fsp3) is 0.143. The second-order valence-electron chi connectivity index (χ2n) is 5.04. The highest BCUT2D eigenvalue weighted by atomic mass is 32.2. The highest BCUT2D eigenvalue weighted by Gasteiger charge is 2.23. The molecule has 1 heterocycles. The van der Waals surface area contributed by atoms with Crippen LogP contribution in [0.4, 0.5) is 5.00 Å². The number of aromatic carboxylic acids is 1. The van der Waals surface area contributed by atoms with Gasteiger partial charge in [0, 0.05) is 12.0 Å². The number of carbonyl (C=O) groups is 3. The molecule has 0 aliphatic rings.